The highest BCUT2D eigenvalue weighted by Crippen LogP contribution is 2.24. The van der Waals surface area contributed by atoms with Gasteiger partial charge in [-0.1, -0.05) is 12.1 Å². The summed E-state index contributed by atoms with van der Waals surface area (Å²) >= 11 is 0. The molecule has 0 radical (unpaired) electrons. The van der Waals surface area contributed by atoms with E-state index in [2.05, 4.69) is 10.3 Å². The second kappa shape index (κ2) is 6.19. The lowest BCUT2D eigenvalue weighted by Gasteiger charge is -2.26. The first kappa shape index (κ1) is 14.6. The molecule has 0 spiro atoms. The lowest BCUT2D eigenvalue weighted by Crippen LogP contribution is -2.43. The van der Waals surface area contributed by atoms with Crippen molar-refractivity contribution in [1.29, 1.82) is 0 Å². The number of aryl methyl sites for hydroxylation is 2. The fourth-order valence-electron chi connectivity index (χ4n) is 2.48. The van der Waals surface area contributed by atoms with E-state index < -0.39 is 0 Å². The number of morpholine rings is 1. The summed E-state index contributed by atoms with van der Waals surface area (Å²) in [7, 11) is 0. The third-order valence-electron chi connectivity index (χ3n) is 3.61. The molecule has 0 atom stereocenters. The Labute approximate surface area is 129 Å². The van der Waals surface area contributed by atoms with Gasteiger partial charge < -0.3 is 19.4 Å². The Morgan fingerprint density at radius 3 is 2.45 bits per heavy atom. The van der Waals surface area contributed by atoms with Gasteiger partial charge in [-0.05, 0) is 19.1 Å². The van der Waals surface area contributed by atoms with Crippen LogP contribution in [0.3, 0.4) is 0 Å². The molecule has 2 heterocycles. The van der Waals surface area contributed by atoms with Crippen LogP contribution in [-0.2, 0) is 4.74 Å². The predicted octanol–water partition coefficient (Wildman–Crippen LogP) is 2.82. The van der Waals surface area contributed by atoms with Crippen LogP contribution in [0.1, 0.15) is 11.7 Å². The minimum atomic E-state index is -0.0930. The number of hydrogen-bond donors (Lipinski definition) is 1. The minimum absolute atomic E-state index is 0.0930. The van der Waals surface area contributed by atoms with Gasteiger partial charge in [0, 0.05) is 31.3 Å². The van der Waals surface area contributed by atoms with Gasteiger partial charge in [-0.25, -0.2) is 9.78 Å². The molecule has 1 fully saturated rings. The fraction of sp³-hybridized carbons (Fsp3) is 0.375. The molecule has 0 saturated carbocycles. The maximum Gasteiger partial charge on any atom is 0.321 e. The minimum Gasteiger partial charge on any atom is -0.446 e. The number of amides is 2. The van der Waals surface area contributed by atoms with Crippen LogP contribution in [0.25, 0.3) is 11.3 Å². The number of nitrogens with one attached hydrogen (secondary N) is 1. The molecule has 0 unspecified atom stereocenters. The molecule has 1 N–H and O–H groups in total. The Bertz CT molecular complexity index is 658. The first-order valence-corrected chi connectivity index (χ1v) is 7.31. The Morgan fingerprint density at radius 2 is 1.86 bits per heavy atom. The maximum atomic E-state index is 12.1. The molecule has 116 valence electrons. The number of hydrogen-bond acceptors (Lipinski definition) is 4. The molecule has 0 aliphatic carbocycles. The summed E-state index contributed by atoms with van der Waals surface area (Å²) in [6, 6.07) is 7.51. The standard InChI is InChI=1S/C16H19N3O3/c1-11-15(17-12(2)22-11)13-3-5-14(6-4-13)18-16(20)19-7-9-21-10-8-19/h3-6H,7-10H2,1-2H3,(H,18,20). The van der Waals surface area contributed by atoms with Gasteiger partial charge in [0.2, 0.25) is 0 Å². The molecule has 1 aliphatic rings. The van der Waals surface area contributed by atoms with E-state index in [1.165, 1.54) is 0 Å². The summed E-state index contributed by atoms with van der Waals surface area (Å²) in [4.78, 5) is 18.2. The van der Waals surface area contributed by atoms with Crippen LogP contribution in [-0.4, -0.2) is 42.2 Å². The van der Waals surface area contributed by atoms with Crippen LogP contribution < -0.4 is 5.32 Å². The number of nitrogens with zero attached hydrogens (tertiary/aromatic N) is 2. The number of benzene rings is 1. The zero-order valence-corrected chi connectivity index (χ0v) is 12.8. The van der Waals surface area contributed by atoms with Gasteiger partial charge in [-0.15, -0.1) is 0 Å². The third kappa shape index (κ3) is 3.12. The van der Waals surface area contributed by atoms with Crippen molar-refractivity contribution in [2.75, 3.05) is 31.6 Å². The van der Waals surface area contributed by atoms with Gasteiger partial charge in [-0.2, -0.15) is 0 Å². The highest BCUT2D eigenvalue weighted by atomic mass is 16.5. The molecule has 2 aromatic rings. The van der Waals surface area contributed by atoms with Crippen molar-refractivity contribution in [1.82, 2.24) is 9.88 Å². The van der Waals surface area contributed by atoms with Crippen LogP contribution in [0.2, 0.25) is 0 Å². The molecule has 3 rings (SSSR count). The normalized spacial score (nSPS) is 14.9. The van der Waals surface area contributed by atoms with Crippen molar-refractivity contribution < 1.29 is 13.9 Å². The van der Waals surface area contributed by atoms with E-state index in [1.807, 2.05) is 38.1 Å². The van der Waals surface area contributed by atoms with Crippen molar-refractivity contribution >= 4 is 11.7 Å². The van der Waals surface area contributed by atoms with Gasteiger partial charge in [-0.3, -0.25) is 0 Å². The summed E-state index contributed by atoms with van der Waals surface area (Å²) < 4.78 is 10.7. The Balaban J connectivity index is 1.69. The number of carbonyl (C=O) groups excluding carboxylic acids is 1. The van der Waals surface area contributed by atoms with Crippen LogP contribution >= 0.6 is 0 Å². The zero-order chi connectivity index (χ0) is 15.5. The number of rotatable bonds is 2. The maximum absolute atomic E-state index is 12.1. The van der Waals surface area contributed by atoms with Gasteiger partial charge in [0.15, 0.2) is 5.89 Å². The molecule has 0 bridgehead atoms. The van der Waals surface area contributed by atoms with E-state index in [0.717, 1.165) is 22.7 Å². The lowest BCUT2D eigenvalue weighted by atomic mass is 10.1. The molecule has 2 amide bonds. The second-order valence-corrected chi connectivity index (χ2v) is 5.24. The number of anilines is 1. The molecular formula is C16H19N3O3. The average Bonchev–Trinajstić information content (AvgIpc) is 2.87. The summed E-state index contributed by atoms with van der Waals surface area (Å²) in [5.74, 6) is 1.44. The van der Waals surface area contributed by atoms with E-state index in [0.29, 0.717) is 32.2 Å². The van der Waals surface area contributed by atoms with E-state index in [1.54, 1.807) is 4.90 Å². The first-order valence-electron chi connectivity index (χ1n) is 7.31. The van der Waals surface area contributed by atoms with Crippen LogP contribution in [0.15, 0.2) is 28.7 Å². The second-order valence-electron chi connectivity index (χ2n) is 5.24. The van der Waals surface area contributed by atoms with Crippen molar-refractivity contribution in [2.24, 2.45) is 0 Å². The third-order valence-corrected chi connectivity index (χ3v) is 3.61. The van der Waals surface area contributed by atoms with Gasteiger partial charge in [0.05, 0.1) is 13.2 Å². The molecule has 6 nitrogen and oxygen atoms in total. The average molecular weight is 301 g/mol. The monoisotopic (exact) mass is 301 g/mol. The topological polar surface area (TPSA) is 67.6 Å². The number of urea groups is 1. The Kier molecular flexibility index (Phi) is 4.11. The van der Waals surface area contributed by atoms with E-state index >= 15 is 0 Å². The SMILES string of the molecule is Cc1nc(-c2ccc(NC(=O)N3CCOCC3)cc2)c(C)o1. The number of carbonyl (C=O) groups is 1. The quantitative estimate of drug-likeness (QED) is 0.926. The molecule has 1 saturated heterocycles. The zero-order valence-electron chi connectivity index (χ0n) is 12.8. The molecule has 6 heteroatoms. The van der Waals surface area contributed by atoms with E-state index in [4.69, 9.17) is 9.15 Å². The summed E-state index contributed by atoms with van der Waals surface area (Å²) in [6.07, 6.45) is 0. The number of ether oxygens (including phenoxy) is 1. The van der Waals surface area contributed by atoms with Crippen molar-refractivity contribution in [3.05, 3.63) is 35.9 Å². The molecule has 1 aromatic heterocycles. The van der Waals surface area contributed by atoms with Crippen molar-refractivity contribution in [3.8, 4) is 11.3 Å². The fourth-order valence-corrected chi connectivity index (χ4v) is 2.48. The Morgan fingerprint density at radius 1 is 1.18 bits per heavy atom. The predicted molar refractivity (Wildman–Crippen MR) is 82.8 cm³/mol. The van der Waals surface area contributed by atoms with E-state index in [9.17, 15) is 4.79 Å². The highest BCUT2D eigenvalue weighted by molar-refractivity contribution is 5.89. The van der Waals surface area contributed by atoms with Crippen LogP contribution in [0, 0.1) is 13.8 Å². The first-order chi connectivity index (χ1) is 10.6. The van der Waals surface area contributed by atoms with Gasteiger partial charge in [0.1, 0.15) is 11.5 Å². The molecular weight excluding hydrogens is 282 g/mol. The van der Waals surface area contributed by atoms with Gasteiger partial charge >= 0.3 is 6.03 Å². The highest BCUT2D eigenvalue weighted by Gasteiger charge is 2.16. The largest absolute Gasteiger partial charge is 0.446 e. The van der Waals surface area contributed by atoms with Gasteiger partial charge in [0.25, 0.3) is 0 Å². The number of aromatic nitrogens is 1. The van der Waals surface area contributed by atoms with Crippen molar-refractivity contribution in [2.45, 2.75) is 13.8 Å². The summed E-state index contributed by atoms with van der Waals surface area (Å²) in [5.41, 5.74) is 2.57. The summed E-state index contributed by atoms with van der Waals surface area (Å²) in [6.45, 7) is 6.16. The molecule has 1 aliphatic heterocycles. The molecule has 1 aromatic carbocycles. The van der Waals surface area contributed by atoms with Crippen LogP contribution in [0.4, 0.5) is 10.5 Å². The lowest BCUT2D eigenvalue weighted by molar-refractivity contribution is 0.0564. The number of oxazole rings is 1. The van der Waals surface area contributed by atoms with Crippen LogP contribution in [0.5, 0.6) is 0 Å². The van der Waals surface area contributed by atoms with E-state index in [-0.39, 0.29) is 6.03 Å². The smallest absolute Gasteiger partial charge is 0.321 e. The summed E-state index contributed by atoms with van der Waals surface area (Å²) in [5, 5.41) is 2.90. The Hall–Kier alpha value is -2.34. The van der Waals surface area contributed by atoms with Crippen molar-refractivity contribution in [3.63, 3.8) is 0 Å². The molecule has 22 heavy (non-hydrogen) atoms.